The molecule has 2 heterocycles. The van der Waals surface area contributed by atoms with Crippen LogP contribution in [0.5, 0.6) is 0 Å². The highest BCUT2D eigenvalue weighted by Gasteiger charge is 2.47. The number of likely N-dealkylation sites (tertiary alicyclic amines) is 1. The van der Waals surface area contributed by atoms with Gasteiger partial charge in [0.05, 0.1) is 0 Å². The van der Waals surface area contributed by atoms with Gasteiger partial charge in [-0.15, -0.1) is 11.8 Å². The first-order valence-corrected chi connectivity index (χ1v) is 23.2. The third-order valence-electron chi connectivity index (χ3n) is 11.5. The van der Waals surface area contributed by atoms with Gasteiger partial charge in [0.1, 0.15) is 11.4 Å². The number of ether oxygens (including phenoxy) is 1. The number of aromatic nitrogens is 1. The van der Waals surface area contributed by atoms with Crippen LogP contribution < -0.4 is 10.9 Å². The number of nitrogens with one attached hydrogen (secondary N) is 1. The fourth-order valence-electron chi connectivity index (χ4n) is 6.70. The zero-order chi connectivity index (χ0) is 38.5. The van der Waals surface area contributed by atoms with E-state index in [4.69, 9.17) is 9.16 Å². The maximum atomic E-state index is 15.3. The van der Waals surface area contributed by atoms with Crippen LogP contribution in [0.2, 0.25) is 18.1 Å². The minimum Gasteiger partial charge on any atom is -0.444 e. The molecule has 1 N–H and O–H groups in total. The summed E-state index contributed by atoms with van der Waals surface area (Å²) in [5.74, 6) is 0.314. The van der Waals surface area contributed by atoms with Crippen molar-refractivity contribution in [3.8, 4) is 11.1 Å². The van der Waals surface area contributed by atoms with Crippen LogP contribution in [0.15, 0.2) is 46.2 Å². The summed E-state index contributed by atoms with van der Waals surface area (Å²) in [6.07, 6.45) is 7.56. The Morgan fingerprint density at radius 1 is 1.04 bits per heavy atom. The third kappa shape index (κ3) is 9.39. The number of pyridine rings is 1. The molecule has 2 aromatic carbocycles. The number of rotatable bonds is 11. The molecule has 8 nitrogen and oxygen atoms in total. The van der Waals surface area contributed by atoms with E-state index < -0.39 is 19.7 Å². The van der Waals surface area contributed by atoms with Gasteiger partial charge in [-0.3, -0.25) is 9.59 Å². The van der Waals surface area contributed by atoms with E-state index in [1.807, 2.05) is 54.6 Å². The molecule has 2 amide bonds. The van der Waals surface area contributed by atoms with E-state index in [9.17, 15) is 14.4 Å². The molecule has 1 aromatic heterocycles. The lowest BCUT2D eigenvalue weighted by atomic mass is 9.95. The lowest BCUT2D eigenvalue weighted by molar-refractivity contribution is 0.0177. The van der Waals surface area contributed by atoms with Crippen LogP contribution in [-0.4, -0.2) is 66.9 Å². The number of piperidine rings is 1. The summed E-state index contributed by atoms with van der Waals surface area (Å²) in [6, 6.07) is 8.95. The molecule has 1 saturated heterocycles. The quantitative estimate of drug-likeness (QED) is 0.155. The molecule has 0 unspecified atom stereocenters. The summed E-state index contributed by atoms with van der Waals surface area (Å²) < 4.78 is 29.6. The molecule has 2 aliphatic carbocycles. The number of benzene rings is 2. The monoisotopic (exact) mass is 763 g/mol. The molecule has 0 radical (unpaired) electrons. The number of fused-ring (bicyclic) bond motifs is 1. The molecule has 3 fully saturated rings. The number of halogens is 1. The zero-order valence-electron chi connectivity index (χ0n) is 33.1. The van der Waals surface area contributed by atoms with Gasteiger partial charge in [-0.1, -0.05) is 26.8 Å². The van der Waals surface area contributed by atoms with Gasteiger partial charge in [-0.05, 0) is 131 Å². The van der Waals surface area contributed by atoms with E-state index in [0.29, 0.717) is 48.3 Å². The molecule has 2 saturated carbocycles. The Morgan fingerprint density at radius 3 is 2.40 bits per heavy atom. The molecule has 0 bridgehead atoms. The Hall–Kier alpha value is -3.15. The molecule has 11 heteroatoms. The molecular weight excluding hydrogens is 706 g/mol. The van der Waals surface area contributed by atoms with Crippen molar-refractivity contribution in [2.45, 2.75) is 128 Å². The van der Waals surface area contributed by atoms with Crippen molar-refractivity contribution in [2.75, 3.05) is 25.4 Å². The first-order chi connectivity index (χ1) is 24.7. The lowest BCUT2D eigenvalue weighted by Crippen LogP contribution is -2.43. The molecule has 53 heavy (non-hydrogen) atoms. The van der Waals surface area contributed by atoms with Crippen molar-refractivity contribution in [3.05, 3.63) is 63.8 Å². The van der Waals surface area contributed by atoms with Gasteiger partial charge in [0.15, 0.2) is 8.32 Å². The smallest absolute Gasteiger partial charge is 0.410 e. The Morgan fingerprint density at radius 2 is 1.75 bits per heavy atom. The van der Waals surface area contributed by atoms with Crippen LogP contribution >= 0.6 is 11.8 Å². The predicted molar refractivity (Wildman–Crippen MR) is 215 cm³/mol. The van der Waals surface area contributed by atoms with Gasteiger partial charge in [0.25, 0.3) is 11.5 Å². The van der Waals surface area contributed by atoms with Crippen molar-refractivity contribution in [3.63, 3.8) is 0 Å². The van der Waals surface area contributed by atoms with Gasteiger partial charge in [0, 0.05) is 70.9 Å². The van der Waals surface area contributed by atoms with E-state index in [0.717, 1.165) is 60.1 Å². The van der Waals surface area contributed by atoms with Gasteiger partial charge in [-0.2, -0.15) is 0 Å². The normalized spacial score (nSPS) is 19.0. The minimum atomic E-state index is -1.96. The van der Waals surface area contributed by atoms with E-state index in [2.05, 4.69) is 39.2 Å². The standard InChI is InChI=1S/C42H58FN3O5SSi/c1-27-33(20-30(21-35(27)43)37(47)44-31-13-14-31)29-12-15-32-34(19-29)36(52-24-28-11-10-18-45(22-28)39(49)51-40(2,3)4)23-46(38(32)48)25-42(16-17-42)26-50-53(8,9)41(5,6)7/h12,15,19-21,23,28,31H,10-11,13-14,16-18,22,24-26H2,1-9H3,(H,44,47)/t28-/m1/s1. The Balaban J connectivity index is 1.33. The molecule has 288 valence electrons. The topological polar surface area (TPSA) is 89.9 Å². The van der Waals surface area contributed by atoms with Crippen molar-refractivity contribution in [1.29, 1.82) is 0 Å². The van der Waals surface area contributed by atoms with Crippen molar-refractivity contribution >= 4 is 42.9 Å². The maximum absolute atomic E-state index is 15.3. The molecule has 1 atom stereocenters. The number of nitrogens with zero attached hydrogens (tertiary/aromatic N) is 2. The third-order valence-corrected chi connectivity index (χ3v) is 17.3. The fourth-order valence-corrected chi connectivity index (χ4v) is 9.02. The van der Waals surface area contributed by atoms with Gasteiger partial charge in [0.2, 0.25) is 0 Å². The van der Waals surface area contributed by atoms with Crippen LogP contribution in [0.25, 0.3) is 21.9 Å². The highest BCUT2D eigenvalue weighted by Crippen LogP contribution is 2.49. The number of thioether (sulfide) groups is 1. The lowest BCUT2D eigenvalue weighted by Gasteiger charge is -2.37. The number of hydrogen-bond donors (Lipinski definition) is 1. The summed E-state index contributed by atoms with van der Waals surface area (Å²) in [6.45, 7) is 21.2. The van der Waals surface area contributed by atoms with Crippen molar-refractivity contribution in [2.24, 2.45) is 11.3 Å². The second-order valence-corrected chi connectivity index (χ2v) is 24.2. The number of carbonyl (C=O) groups is 2. The first-order valence-electron chi connectivity index (χ1n) is 19.3. The Kier molecular flexibility index (Phi) is 11.1. The minimum absolute atomic E-state index is 0.0521. The highest BCUT2D eigenvalue weighted by molar-refractivity contribution is 7.99. The Bertz CT molecular complexity index is 1940. The Labute approximate surface area is 319 Å². The van der Waals surface area contributed by atoms with E-state index in [-0.39, 0.29) is 40.0 Å². The van der Waals surface area contributed by atoms with E-state index in [1.54, 1.807) is 24.8 Å². The SMILES string of the molecule is Cc1c(F)cc(C(=O)NC2CC2)cc1-c1ccc2c(=O)n(CC3(CO[Si](C)(C)C(C)(C)C)CC3)cc(SC[C@@H]3CCCN(C(=O)OC(C)(C)C)C3)c2c1. The summed E-state index contributed by atoms with van der Waals surface area (Å²) >= 11 is 1.71. The van der Waals surface area contributed by atoms with Crippen LogP contribution in [0.4, 0.5) is 9.18 Å². The number of amides is 2. The second-order valence-electron chi connectivity index (χ2n) is 18.4. The largest absolute Gasteiger partial charge is 0.444 e. The van der Waals surface area contributed by atoms with Crippen LogP contribution in [-0.2, 0) is 15.7 Å². The molecular formula is C42H58FN3O5SSi. The second kappa shape index (κ2) is 14.8. The maximum Gasteiger partial charge on any atom is 0.410 e. The zero-order valence-corrected chi connectivity index (χ0v) is 34.9. The summed E-state index contributed by atoms with van der Waals surface area (Å²) in [7, 11) is -1.96. The first kappa shape index (κ1) is 39.5. The average Bonchev–Trinajstić information content (AvgIpc) is 4.02. The molecule has 3 aliphatic rings. The molecule has 3 aromatic rings. The van der Waals surface area contributed by atoms with E-state index >= 15 is 4.39 Å². The van der Waals surface area contributed by atoms with Crippen LogP contribution in [0, 0.1) is 24.1 Å². The summed E-state index contributed by atoms with van der Waals surface area (Å²) in [5.41, 5.74) is 1.46. The highest BCUT2D eigenvalue weighted by atomic mass is 32.2. The molecule has 6 rings (SSSR count). The van der Waals surface area contributed by atoms with Crippen LogP contribution in [0.1, 0.15) is 96.0 Å². The van der Waals surface area contributed by atoms with Crippen LogP contribution in [0.3, 0.4) is 0 Å². The van der Waals surface area contributed by atoms with Gasteiger partial charge >= 0.3 is 6.09 Å². The fraction of sp³-hybridized carbons (Fsp3) is 0.595. The van der Waals surface area contributed by atoms with Gasteiger partial charge < -0.3 is 23.9 Å². The average molecular weight is 764 g/mol. The number of hydrogen-bond acceptors (Lipinski definition) is 6. The van der Waals surface area contributed by atoms with Crippen molar-refractivity contribution < 1.29 is 23.1 Å². The predicted octanol–water partition coefficient (Wildman–Crippen LogP) is 9.55. The summed E-state index contributed by atoms with van der Waals surface area (Å²) in [4.78, 5) is 43.0. The molecule has 1 aliphatic heterocycles. The van der Waals surface area contributed by atoms with Gasteiger partial charge in [-0.25, -0.2) is 9.18 Å². The number of carbonyl (C=O) groups excluding carboxylic acids is 2. The molecule has 0 spiro atoms. The summed E-state index contributed by atoms with van der Waals surface area (Å²) in [5, 5.41) is 4.49. The van der Waals surface area contributed by atoms with Crippen molar-refractivity contribution in [1.82, 2.24) is 14.8 Å². The van der Waals surface area contributed by atoms with E-state index in [1.165, 1.54) is 6.07 Å².